The molecule has 0 saturated heterocycles. The highest BCUT2D eigenvalue weighted by atomic mass is 16.3. The fourth-order valence-electron chi connectivity index (χ4n) is 14.7. The summed E-state index contributed by atoms with van der Waals surface area (Å²) in [5.41, 5.74) is 23.2. The Bertz CT molecular complexity index is 6060. The van der Waals surface area contributed by atoms with Crippen LogP contribution in [0.3, 0.4) is 0 Å². The molecule has 0 spiro atoms. The number of nitrogens with zero attached hydrogens (tertiary/aromatic N) is 12. The van der Waals surface area contributed by atoms with Crippen LogP contribution >= 0.6 is 0 Å². The molecule has 0 amide bonds. The molecule has 498 valence electrons. The summed E-state index contributed by atoms with van der Waals surface area (Å²) in [6, 6.07) is 73.4. The monoisotopic (exact) mass is 1330 g/mol. The van der Waals surface area contributed by atoms with Crippen LogP contribution < -0.4 is 23.1 Å². The van der Waals surface area contributed by atoms with Crippen molar-refractivity contribution in [2.24, 2.45) is 56.4 Å². The van der Waals surface area contributed by atoms with Crippen LogP contribution in [0.25, 0.3) is 145 Å². The van der Waals surface area contributed by atoms with Gasteiger partial charge in [0, 0.05) is 50.8 Å². The van der Waals surface area contributed by atoms with Crippen LogP contribution in [-0.4, -0.2) is 33.0 Å². The van der Waals surface area contributed by atoms with Gasteiger partial charge in [-0.05, 0) is 141 Å². The van der Waals surface area contributed by atoms with Crippen molar-refractivity contribution >= 4 is 99.0 Å². The van der Waals surface area contributed by atoms with E-state index in [-0.39, 0.29) is 0 Å². The molecule has 0 saturated carbocycles. The molecule has 10 heterocycles. The Labute approximate surface area is 585 Å². The summed E-state index contributed by atoms with van der Waals surface area (Å²) in [7, 11) is 16.7. The Balaban J connectivity index is 0.000000104. The highest BCUT2D eigenvalue weighted by molar-refractivity contribution is 6.11. The van der Waals surface area contributed by atoms with Crippen molar-refractivity contribution in [3.63, 3.8) is 0 Å². The molecule has 0 aliphatic carbocycles. The quantitative estimate of drug-likeness (QED) is 0.159. The van der Waals surface area contributed by atoms with Gasteiger partial charge in [-0.1, -0.05) is 127 Å². The first-order chi connectivity index (χ1) is 49.1. The molecule has 0 N–H and O–H groups in total. The molecule has 19 rings (SSSR count). The van der Waals surface area contributed by atoms with Crippen molar-refractivity contribution in [2.75, 3.05) is 0 Å². The van der Waals surface area contributed by atoms with Crippen molar-refractivity contribution in [3.8, 4) is 45.5 Å². The Kier molecular flexibility index (Phi) is 16.9. The summed E-state index contributed by atoms with van der Waals surface area (Å²) in [6.45, 7) is 10.7. The molecule has 0 aliphatic rings. The standard InChI is InChI=1S/C22H19N2O.C21H18N3O.C17H16N3O.C15H15N2.C11H13N2/c1-14-12-13-16-15-8-4-7-11-19(15)25-21(16)20(14)22-23(2)17-9-5-6-10-18(17)24(22)3;1-13-10-11-14-15-7-6-12-22-20(15)25-19(14)18(13)21-23(2)16-8-4-5-9-17(16)24(21)3;1-11-6-7-12-13-5-4-8-18-16(13)21-15(12)14(11)17-19(2)9-10-20(17)3;1-12-7-3-5-9-14(12)17-15-10-6-4-8-13(15)11-16(17)2;1-10-6-3-4-7-11(10)13-9-5-8-12(13)2/h4-13H,1-3H3;4-12H,1-3H3;4-10H,1-3H3;3-11H,1-2H3;3-9H,1-2H3/q5*+1. The summed E-state index contributed by atoms with van der Waals surface area (Å²) in [5, 5.41) is 7.93. The molecular weight excluding hydrogens is 1250 g/mol. The van der Waals surface area contributed by atoms with Crippen molar-refractivity contribution in [1.29, 1.82) is 0 Å². The van der Waals surface area contributed by atoms with Gasteiger partial charge in [0.2, 0.25) is 17.6 Å². The molecule has 101 heavy (non-hydrogen) atoms. The maximum atomic E-state index is 6.30. The predicted octanol–water partition coefficient (Wildman–Crippen LogP) is 16.6. The van der Waals surface area contributed by atoms with E-state index in [4.69, 9.17) is 13.3 Å². The minimum atomic E-state index is 0.686. The maximum Gasteiger partial charge on any atom is 0.293 e. The van der Waals surface area contributed by atoms with Gasteiger partial charge in [0.1, 0.15) is 51.6 Å². The number of rotatable bonds is 5. The van der Waals surface area contributed by atoms with Gasteiger partial charge in [-0.2, -0.15) is 0 Å². The van der Waals surface area contributed by atoms with Gasteiger partial charge in [-0.15, -0.1) is 18.7 Å². The van der Waals surface area contributed by atoms with E-state index in [0.29, 0.717) is 11.4 Å². The van der Waals surface area contributed by atoms with E-state index >= 15 is 0 Å². The SMILES string of the molecule is Cc1ccc2c(oc3ccccc32)c1-c1n(C)c2ccccc2[n+]1C.Cc1ccc2c(oc3ncccc32)c1-c1n(C)c2ccccc2[n+]1C.Cc1ccc2c(oc3ncccc32)c1-c1n(C)cc[n+]1C.Cc1ccccc1-n1c2ccccc2c[n+]1C.Cc1ccccc1-n1ccc[n+]1C. The van der Waals surface area contributed by atoms with Gasteiger partial charge in [-0.25, -0.2) is 37.4 Å². The van der Waals surface area contributed by atoms with E-state index in [1.165, 1.54) is 82.9 Å². The number of furan rings is 3. The number of para-hydroxylation sites is 8. The van der Waals surface area contributed by atoms with Crippen LogP contribution in [0, 0.1) is 34.6 Å². The van der Waals surface area contributed by atoms with E-state index in [9.17, 15) is 0 Å². The third-order valence-electron chi connectivity index (χ3n) is 19.7. The number of aryl methyl sites for hydroxylation is 13. The number of aromatic nitrogens is 12. The molecule has 15 heteroatoms. The summed E-state index contributed by atoms with van der Waals surface area (Å²) in [5.74, 6) is 3.41. The van der Waals surface area contributed by atoms with Gasteiger partial charge in [0.15, 0.2) is 59.1 Å². The normalized spacial score (nSPS) is 11.4. The summed E-state index contributed by atoms with van der Waals surface area (Å²) in [4.78, 5) is 8.73. The second-order valence-electron chi connectivity index (χ2n) is 26.2. The van der Waals surface area contributed by atoms with Gasteiger partial charge in [-0.3, -0.25) is 0 Å². The molecular formula is C86H81N12O3+5. The average Bonchev–Trinajstić information content (AvgIpc) is 1.51. The Morgan fingerprint density at radius 1 is 0.356 bits per heavy atom. The zero-order valence-electron chi connectivity index (χ0n) is 59.3. The summed E-state index contributed by atoms with van der Waals surface area (Å²) in [6.07, 6.45) is 13.9. The first-order valence-corrected chi connectivity index (χ1v) is 34.0. The summed E-state index contributed by atoms with van der Waals surface area (Å²) < 4.78 is 40.3. The number of fused-ring (bicyclic) bond motifs is 12. The molecule has 15 nitrogen and oxygen atoms in total. The molecule has 0 bridgehead atoms. The van der Waals surface area contributed by atoms with Gasteiger partial charge >= 0.3 is 0 Å². The predicted molar refractivity (Wildman–Crippen MR) is 404 cm³/mol. The Morgan fingerprint density at radius 3 is 1.33 bits per heavy atom. The molecule has 0 aliphatic heterocycles. The van der Waals surface area contributed by atoms with Crippen LogP contribution in [0.5, 0.6) is 0 Å². The third kappa shape index (κ3) is 11.3. The number of pyridine rings is 2. The largest absolute Gasteiger partial charge is 0.455 e. The lowest BCUT2D eigenvalue weighted by atomic mass is 10.0. The third-order valence-corrected chi connectivity index (χ3v) is 19.7. The van der Waals surface area contributed by atoms with E-state index < -0.39 is 0 Å². The molecule has 0 unspecified atom stereocenters. The average molecular weight is 1330 g/mol. The minimum absolute atomic E-state index is 0.686. The van der Waals surface area contributed by atoms with Crippen molar-refractivity contribution in [1.82, 2.24) is 33.0 Å². The van der Waals surface area contributed by atoms with E-state index in [1.807, 2.05) is 43.6 Å². The molecule has 0 fully saturated rings. The highest BCUT2D eigenvalue weighted by Gasteiger charge is 2.30. The Hall–Kier alpha value is -12.5. The lowest BCUT2D eigenvalue weighted by Gasteiger charge is -2.05. The number of hydrogen-bond acceptors (Lipinski definition) is 5. The zero-order chi connectivity index (χ0) is 69.9. The van der Waals surface area contributed by atoms with Crippen molar-refractivity contribution in [3.05, 3.63) is 284 Å². The molecule has 0 radical (unpaired) electrons. The molecule has 0 atom stereocenters. The second kappa shape index (κ2) is 26.4. The fourth-order valence-corrected chi connectivity index (χ4v) is 14.7. The molecule has 19 aromatic rings. The number of hydrogen-bond donors (Lipinski definition) is 0. The van der Waals surface area contributed by atoms with Gasteiger partial charge in [0.05, 0.1) is 53.9 Å². The molecule has 10 aromatic heterocycles. The maximum absolute atomic E-state index is 6.30. The van der Waals surface area contributed by atoms with Crippen LogP contribution in [0.2, 0.25) is 0 Å². The van der Waals surface area contributed by atoms with Crippen LogP contribution in [-0.2, 0) is 56.4 Å². The zero-order valence-corrected chi connectivity index (χ0v) is 59.3. The fraction of sp³-hybridized carbons (Fsp3) is 0.151. The first kappa shape index (κ1) is 64.5. The van der Waals surface area contributed by atoms with Crippen molar-refractivity contribution < 1.29 is 36.3 Å². The number of imidazole rings is 3. The van der Waals surface area contributed by atoms with Gasteiger partial charge in [0.25, 0.3) is 17.5 Å². The van der Waals surface area contributed by atoms with Crippen LogP contribution in [0.4, 0.5) is 0 Å². The van der Waals surface area contributed by atoms with Gasteiger partial charge < -0.3 is 13.3 Å². The van der Waals surface area contributed by atoms with Crippen LogP contribution in [0.1, 0.15) is 27.8 Å². The lowest BCUT2D eigenvalue weighted by molar-refractivity contribution is -0.744. The molecule has 9 aromatic carbocycles. The Morgan fingerprint density at radius 2 is 0.812 bits per heavy atom. The van der Waals surface area contributed by atoms with E-state index in [0.717, 1.165) is 78.0 Å². The lowest BCUT2D eigenvalue weighted by Crippen LogP contribution is -2.37. The number of benzene rings is 9. The minimum Gasteiger partial charge on any atom is -0.455 e. The van der Waals surface area contributed by atoms with Crippen LogP contribution in [0.15, 0.2) is 269 Å². The topological polar surface area (TPSA) is 109 Å². The van der Waals surface area contributed by atoms with Crippen molar-refractivity contribution in [2.45, 2.75) is 34.6 Å². The second-order valence-corrected chi connectivity index (χ2v) is 26.2. The van der Waals surface area contributed by atoms with E-state index in [2.05, 4.69) is 347 Å². The smallest absolute Gasteiger partial charge is 0.293 e. The van der Waals surface area contributed by atoms with E-state index in [1.54, 1.807) is 12.4 Å². The highest BCUT2D eigenvalue weighted by Crippen LogP contribution is 2.40. The summed E-state index contributed by atoms with van der Waals surface area (Å²) >= 11 is 0. The first-order valence-electron chi connectivity index (χ1n) is 34.0.